The highest BCUT2D eigenvalue weighted by Crippen LogP contribution is 2.38. The number of nitrogens with zero attached hydrogens (tertiary/aromatic N) is 2. The van der Waals surface area contributed by atoms with Crippen molar-refractivity contribution < 1.29 is 23.7 Å². The summed E-state index contributed by atoms with van der Waals surface area (Å²) in [5, 5.41) is 0. The number of hydrogen-bond donors (Lipinski definition) is 0. The zero-order chi connectivity index (χ0) is 21.5. The van der Waals surface area contributed by atoms with Crippen LogP contribution in [0, 0.1) is 0 Å². The third-order valence-corrected chi connectivity index (χ3v) is 5.44. The van der Waals surface area contributed by atoms with Gasteiger partial charge < -0.3 is 23.8 Å². The molecule has 0 spiro atoms. The first-order valence-electron chi connectivity index (χ1n) is 10.0. The second-order valence-electron chi connectivity index (χ2n) is 7.09. The minimum atomic E-state index is 0.0569. The van der Waals surface area contributed by atoms with Crippen LogP contribution < -0.4 is 23.8 Å². The van der Waals surface area contributed by atoms with E-state index in [1.165, 1.54) is 0 Å². The molecule has 0 N–H and O–H groups in total. The number of benzene rings is 2. The lowest BCUT2D eigenvalue weighted by Gasteiger charge is -2.36. The molecular weight excluding hydrogens is 384 g/mol. The molecule has 0 bridgehead atoms. The number of carbonyl (C=O) groups excluding carboxylic acids is 1. The van der Waals surface area contributed by atoms with Crippen molar-refractivity contribution in [2.75, 3.05) is 66.1 Å². The normalized spacial score (nSPS) is 14.3. The van der Waals surface area contributed by atoms with Gasteiger partial charge in [0.15, 0.2) is 17.3 Å². The minimum Gasteiger partial charge on any atom is -0.495 e. The topological polar surface area (TPSA) is 60.5 Å². The fourth-order valence-electron chi connectivity index (χ4n) is 3.75. The van der Waals surface area contributed by atoms with Crippen LogP contribution in [0.4, 0.5) is 5.69 Å². The highest BCUT2D eigenvalue weighted by atomic mass is 16.5. The number of rotatable bonds is 9. The maximum Gasteiger partial charge on any atom is 0.203 e. The lowest BCUT2D eigenvalue weighted by atomic mass is 10.1. The Hall–Kier alpha value is -2.93. The molecule has 0 atom stereocenters. The number of methoxy groups -OCH3 is 4. The molecular formula is C23H30N2O5. The molecule has 1 saturated heterocycles. The van der Waals surface area contributed by atoms with Gasteiger partial charge in [0.2, 0.25) is 5.75 Å². The molecule has 1 aliphatic rings. The van der Waals surface area contributed by atoms with Crippen molar-refractivity contribution in [2.24, 2.45) is 0 Å². The summed E-state index contributed by atoms with van der Waals surface area (Å²) in [5.41, 5.74) is 1.69. The Morgan fingerprint density at radius 2 is 1.43 bits per heavy atom. The summed E-state index contributed by atoms with van der Waals surface area (Å²) >= 11 is 0. The standard InChI is InChI=1S/C23H30N2O5/c1-27-20-8-6-5-7-18(20)25-13-11-24(12-14-25)10-9-19(26)17-15-21(28-2)23(30-4)22(16-17)29-3/h5-8,15-16H,9-14H2,1-4H3. The molecule has 1 fully saturated rings. The molecule has 7 nitrogen and oxygen atoms in total. The highest BCUT2D eigenvalue weighted by molar-refractivity contribution is 5.97. The van der Waals surface area contributed by atoms with Crippen molar-refractivity contribution in [1.29, 1.82) is 0 Å². The van der Waals surface area contributed by atoms with E-state index in [-0.39, 0.29) is 5.78 Å². The number of Topliss-reactive ketones (excluding diaryl/α,β-unsaturated/α-hetero) is 1. The van der Waals surface area contributed by atoms with Crippen molar-refractivity contribution >= 4 is 11.5 Å². The van der Waals surface area contributed by atoms with Gasteiger partial charge in [0.05, 0.1) is 34.1 Å². The fraction of sp³-hybridized carbons (Fsp3) is 0.435. The molecule has 30 heavy (non-hydrogen) atoms. The first kappa shape index (κ1) is 21.8. The van der Waals surface area contributed by atoms with Crippen LogP contribution >= 0.6 is 0 Å². The maximum atomic E-state index is 12.8. The van der Waals surface area contributed by atoms with E-state index in [0.29, 0.717) is 29.2 Å². The zero-order valence-corrected chi connectivity index (χ0v) is 18.1. The molecule has 0 amide bonds. The van der Waals surface area contributed by atoms with E-state index in [4.69, 9.17) is 18.9 Å². The fourth-order valence-corrected chi connectivity index (χ4v) is 3.75. The van der Waals surface area contributed by atoms with Crippen molar-refractivity contribution in [2.45, 2.75) is 6.42 Å². The van der Waals surface area contributed by atoms with E-state index in [1.807, 2.05) is 18.2 Å². The van der Waals surface area contributed by atoms with Gasteiger partial charge in [-0.2, -0.15) is 0 Å². The Kier molecular flexibility index (Phi) is 7.41. The SMILES string of the molecule is COc1ccccc1N1CCN(CCC(=O)c2cc(OC)c(OC)c(OC)c2)CC1. The molecule has 2 aromatic carbocycles. The first-order valence-corrected chi connectivity index (χ1v) is 10.0. The zero-order valence-electron chi connectivity index (χ0n) is 18.1. The Morgan fingerprint density at radius 3 is 2.00 bits per heavy atom. The number of piperazine rings is 1. The molecule has 1 aliphatic heterocycles. The van der Waals surface area contributed by atoms with Crippen LogP contribution in [0.15, 0.2) is 36.4 Å². The molecule has 1 heterocycles. The third-order valence-electron chi connectivity index (χ3n) is 5.44. The molecule has 3 rings (SSSR count). The van der Waals surface area contributed by atoms with Crippen LogP contribution in [-0.2, 0) is 0 Å². The Balaban J connectivity index is 1.57. The van der Waals surface area contributed by atoms with Gasteiger partial charge in [-0.05, 0) is 24.3 Å². The Labute approximate surface area is 178 Å². The van der Waals surface area contributed by atoms with Gasteiger partial charge in [-0.25, -0.2) is 0 Å². The second kappa shape index (κ2) is 10.2. The summed E-state index contributed by atoms with van der Waals surface area (Å²) in [6.07, 6.45) is 0.438. The quantitative estimate of drug-likeness (QED) is 0.584. The highest BCUT2D eigenvalue weighted by Gasteiger charge is 2.21. The van der Waals surface area contributed by atoms with Gasteiger partial charge in [0, 0.05) is 44.7 Å². The largest absolute Gasteiger partial charge is 0.495 e. The minimum absolute atomic E-state index is 0.0569. The monoisotopic (exact) mass is 414 g/mol. The van der Waals surface area contributed by atoms with Crippen molar-refractivity contribution in [3.63, 3.8) is 0 Å². The average Bonchev–Trinajstić information content (AvgIpc) is 2.81. The maximum absolute atomic E-state index is 12.8. The van der Waals surface area contributed by atoms with Crippen LogP contribution in [0.3, 0.4) is 0 Å². The summed E-state index contributed by atoms with van der Waals surface area (Å²) < 4.78 is 21.5. The van der Waals surface area contributed by atoms with E-state index in [2.05, 4.69) is 15.9 Å². The predicted molar refractivity (Wildman–Crippen MR) is 117 cm³/mol. The smallest absolute Gasteiger partial charge is 0.203 e. The summed E-state index contributed by atoms with van der Waals surface area (Å²) in [5.74, 6) is 2.42. The van der Waals surface area contributed by atoms with Gasteiger partial charge in [-0.15, -0.1) is 0 Å². The van der Waals surface area contributed by atoms with Crippen molar-refractivity contribution in [3.05, 3.63) is 42.0 Å². The third kappa shape index (κ3) is 4.79. The van der Waals surface area contributed by atoms with Gasteiger partial charge in [0.25, 0.3) is 0 Å². The van der Waals surface area contributed by atoms with Crippen LogP contribution in [0.2, 0.25) is 0 Å². The predicted octanol–water partition coefficient (Wildman–Crippen LogP) is 3.12. The van der Waals surface area contributed by atoms with E-state index in [9.17, 15) is 4.79 Å². The number of ether oxygens (including phenoxy) is 4. The van der Waals surface area contributed by atoms with Crippen LogP contribution in [0.1, 0.15) is 16.8 Å². The van der Waals surface area contributed by atoms with Gasteiger partial charge in [-0.3, -0.25) is 9.69 Å². The summed E-state index contributed by atoms with van der Waals surface area (Å²) in [4.78, 5) is 17.4. The molecule has 0 saturated carbocycles. The lowest BCUT2D eigenvalue weighted by Crippen LogP contribution is -2.47. The first-order chi connectivity index (χ1) is 14.6. The van der Waals surface area contributed by atoms with E-state index in [1.54, 1.807) is 40.6 Å². The Morgan fingerprint density at radius 1 is 0.833 bits per heavy atom. The summed E-state index contributed by atoms with van der Waals surface area (Å²) in [6.45, 7) is 4.33. The van der Waals surface area contributed by atoms with Crippen LogP contribution in [0.25, 0.3) is 0 Å². The Bertz CT molecular complexity index is 837. The molecule has 0 aliphatic carbocycles. The molecule has 162 valence electrons. The molecule has 0 aromatic heterocycles. The lowest BCUT2D eigenvalue weighted by molar-refractivity contribution is 0.0961. The second-order valence-corrected chi connectivity index (χ2v) is 7.09. The van der Waals surface area contributed by atoms with E-state index >= 15 is 0 Å². The molecule has 0 radical (unpaired) electrons. The van der Waals surface area contributed by atoms with Crippen LogP contribution in [-0.4, -0.2) is 71.8 Å². The number of hydrogen-bond acceptors (Lipinski definition) is 7. The summed E-state index contributed by atoms with van der Waals surface area (Å²) in [7, 11) is 6.34. The summed E-state index contributed by atoms with van der Waals surface area (Å²) in [6, 6.07) is 11.5. The number of carbonyl (C=O) groups is 1. The number of para-hydroxylation sites is 2. The van der Waals surface area contributed by atoms with Gasteiger partial charge >= 0.3 is 0 Å². The van der Waals surface area contributed by atoms with Gasteiger partial charge in [0.1, 0.15) is 5.75 Å². The molecule has 2 aromatic rings. The number of ketones is 1. The van der Waals surface area contributed by atoms with Crippen molar-refractivity contribution in [3.8, 4) is 23.0 Å². The van der Waals surface area contributed by atoms with Gasteiger partial charge in [-0.1, -0.05) is 12.1 Å². The number of anilines is 1. The molecule has 0 unspecified atom stereocenters. The van der Waals surface area contributed by atoms with E-state index in [0.717, 1.165) is 44.2 Å². The van der Waals surface area contributed by atoms with E-state index < -0.39 is 0 Å². The van der Waals surface area contributed by atoms with Crippen molar-refractivity contribution in [1.82, 2.24) is 4.90 Å². The van der Waals surface area contributed by atoms with Crippen LogP contribution in [0.5, 0.6) is 23.0 Å². The average molecular weight is 415 g/mol. The molecule has 7 heteroatoms.